The molecule has 0 aliphatic carbocycles. The fourth-order valence-electron chi connectivity index (χ4n) is 2.59. The molecule has 120 valence electrons. The Labute approximate surface area is 144 Å². The van der Waals surface area contributed by atoms with Crippen LogP contribution in [0.1, 0.15) is 50.7 Å². The van der Waals surface area contributed by atoms with E-state index in [0.717, 1.165) is 21.1 Å². The van der Waals surface area contributed by atoms with Crippen molar-refractivity contribution in [1.82, 2.24) is 15.0 Å². The van der Waals surface area contributed by atoms with Crippen LogP contribution in [0.15, 0.2) is 34.8 Å². The van der Waals surface area contributed by atoms with E-state index in [0.29, 0.717) is 11.6 Å². The van der Waals surface area contributed by atoms with Gasteiger partial charge >= 0.3 is 0 Å². The molecule has 0 amide bonds. The van der Waals surface area contributed by atoms with E-state index in [4.69, 9.17) is 0 Å². The average molecular weight is 374 g/mol. The summed E-state index contributed by atoms with van der Waals surface area (Å²) in [5.41, 5.74) is 4.32. The van der Waals surface area contributed by atoms with E-state index in [-0.39, 0.29) is 11.7 Å². The molecule has 0 aliphatic heterocycles. The number of nitrogens with zero attached hydrogens (tertiary/aromatic N) is 3. The summed E-state index contributed by atoms with van der Waals surface area (Å²) in [7, 11) is 0. The van der Waals surface area contributed by atoms with Crippen LogP contribution in [0.3, 0.4) is 0 Å². The Morgan fingerprint density at radius 3 is 2.30 bits per heavy atom. The summed E-state index contributed by atoms with van der Waals surface area (Å²) >= 11 is 3.45. The molecule has 0 bridgehead atoms. The summed E-state index contributed by atoms with van der Waals surface area (Å²) in [6.45, 7) is 8.44. The molecular formula is C18H20BrN3O. The Morgan fingerprint density at radius 2 is 1.65 bits per heavy atom. The zero-order chi connectivity index (χ0) is 16.7. The first-order valence-corrected chi connectivity index (χ1v) is 8.56. The number of phenolic OH excluding ortho intramolecular Hbond substituents is 1. The average Bonchev–Trinajstić information content (AvgIpc) is 2.89. The van der Waals surface area contributed by atoms with Crippen LogP contribution in [0.4, 0.5) is 0 Å². The second-order valence-corrected chi connectivity index (χ2v) is 7.33. The van der Waals surface area contributed by atoms with Crippen molar-refractivity contribution < 1.29 is 5.11 Å². The highest BCUT2D eigenvalue weighted by molar-refractivity contribution is 9.10. The first-order chi connectivity index (χ1) is 10.9. The maximum absolute atomic E-state index is 10.7. The first-order valence-electron chi connectivity index (χ1n) is 7.76. The van der Waals surface area contributed by atoms with E-state index in [2.05, 4.69) is 59.9 Å². The minimum absolute atomic E-state index is 0.228. The summed E-state index contributed by atoms with van der Waals surface area (Å²) in [6.07, 6.45) is 0. The van der Waals surface area contributed by atoms with Gasteiger partial charge < -0.3 is 5.11 Å². The summed E-state index contributed by atoms with van der Waals surface area (Å²) in [6, 6.07) is 9.82. The highest BCUT2D eigenvalue weighted by Gasteiger charge is 2.17. The molecule has 1 N–H and O–H groups in total. The van der Waals surface area contributed by atoms with Gasteiger partial charge in [-0.25, -0.2) is 0 Å². The standard InChI is InChI=1S/C18H20BrN3O/c1-10(2)12-7-14(11(3)4)18(23)17(8-12)22-20-15-6-5-13(19)9-16(15)21-22/h5-11,23H,1-4H3. The van der Waals surface area contributed by atoms with Crippen LogP contribution >= 0.6 is 15.9 Å². The molecule has 0 atom stereocenters. The number of hydrogen-bond donors (Lipinski definition) is 1. The summed E-state index contributed by atoms with van der Waals surface area (Å²) < 4.78 is 0.958. The molecule has 3 aromatic rings. The molecule has 4 nitrogen and oxygen atoms in total. The molecule has 3 rings (SSSR count). The summed E-state index contributed by atoms with van der Waals surface area (Å²) in [4.78, 5) is 1.53. The number of phenols is 1. The second kappa shape index (κ2) is 5.96. The second-order valence-electron chi connectivity index (χ2n) is 6.41. The SMILES string of the molecule is CC(C)c1cc(C(C)C)c(O)c(-n2nc3ccc(Br)cc3n2)c1. The van der Waals surface area contributed by atoms with E-state index < -0.39 is 0 Å². The predicted molar refractivity (Wildman–Crippen MR) is 96.4 cm³/mol. The maximum Gasteiger partial charge on any atom is 0.146 e. The molecule has 0 saturated heterocycles. The van der Waals surface area contributed by atoms with Crippen LogP contribution < -0.4 is 0 Å². The smallest absolute Gasteiger partial charge is 0.146 e. The van der Waals surface area contributed by atoms with E-state index in [9.17, 15) is 5.11 Å². The third kappa shape index (κ3) is 2.98. The number of hydrogen-bond acceptors (Lipinski definition) is 3. The number of fused-ring (bicyclic) bond motifs is 1. The number of aromatic nitrogens is 3. The topological polar surface area (TPSA) is 50.9 Å². The van der Waals surface area contributed by atoms with E-state index in [1.165, 1.54) is 10.4 Å². The Bertz CT molecular complexity index is 868. The van der Waals surface area contributed by atoms with Crippen LogP contribution in [0.25, 0.3) is 16.7 Å². The van der Waals surface area contributed by atoms with Crippen LogP contribution in [0, 0.1) is 0 Å². The van der Waals surface area contributed by atoms with Gasteiger partial charge in [0, 0.05) is 4.47 Å². The monoisotopic (exact) mass is 373 g/mol. The van der Waals surface area contributed by atoms with Crippen molar-refractivity contribution in [3.8, 4) is 11.4 Å². The van der Waals surface area contributed by atoms with Crippen molar-refractivity contribution in [1.29, 1.82) is 0 Å². The molecule has 0 aliphatic rings. The predicted octanol–water partition coefficient (Wildman–Crippen LogP) is 5.14. The van der Waals surface area contributed by atoms with Crippen molar-refractivity contribution in [3.63, 3.8) is 0 Å². The maximum atomic E-state index is 10.7. The van der Waals surface area contributed by atoms with Crippen LogP contribution in [0.5, 0.6) is 5.75 Å². The molecule has 0 saturated carbocycles. The Morgan fingerprint density at radius 1 is 0.957 bits per heavy atom. The highest BCUT2D eigenvalue weighted by atomic mass is 79.9. The number of benzene rings is 2. The van der Waals surface area contributed by atoms with Gasteiger partial charge in [-0.1, -0.05) is 49.7 Å². The molecule has 0 radical (unpaired) electrons. The molecular weight excluding hydrogens is 354 g/mol. The van der Waals surface area contributed by atoms with E-state index in [1.807, 2.05) is 24.3 Å². The van der Waals surface area contributed by atoms with Crippen molar-refractivity contribution in [2.75, 3.05) is 0 Å². The van der Waals surface area contributed by atoms with Crippen molar-refractivity contribution >= 4 is 27.0 Å². The van der Waals surface area contributed by atoms with Crippen LogP contribution in [0.2, 0.25) is 0 Å². The normalized spacial score (nSPS) is 11.8. The van der Waals surface area contributed by atoms with Crippen molar-refractivity contribution in [3.05, 3.63) is 45.9 Å². The van der Waals surface area contributed by atoms with Gasteiger partial charge in [-0.15, -0.1) is 15.0 Å². The number of rotatable bonds is 3. The quantitative estimate of drug-likeness (QED) is 0.691. The summed E-state index contributed by atoms with van der Waals surface area (Å²) in [5, 5.41) is 19.7. The molecule has 0 unspecified atom stereocenters. The number of aromatic hydroxyl groups is 1. The zero-order valence-corrected chi connectivity index (χ0v) is 15.3. The lowest BCUT2D eigenvalue weighted by Crippen LogP contribution is -2.04. The molecule has 0 spiro atoms. The van der Waals surface area contributed by atoms with Crippen LogP contribution in [-0.2, 0) is 0 Å². The van der Waals surface area contributed by atoms with Gasteiger partial charge in [0.1, 0.15) is 22.5 Å². The molecule has 1 aromatic heterocycles. The van der Waals surface area contributed by atoms with Gasteiger partial charge in [0.25, 0.3) is 0 Å². The van der Waals surface area contributed by atoms with E-state index in [1.54, 1.807) is 0 Å². The minimum atomic E-state index is 0.228. The molecule has 5 heteroatoms. The fourth-order valence-corrected chi connectivity index (χ4v) is 2.93. The van der Waals surface area contributed by atoms with E-state index >= 15 is 0 Å². The number of halogens is 1. The Balaban J connectivity index is 2.23. The zero-order valence-electron chi connectivity index (χ0n) is 13.7. The largest absolute Gasteiger partial charge is 0.505 e. The van der Waals surface area contributed by atoms with Gasteiger partial charge in [-0.2, -0.15) is 0 Å². The van der Waals surface area contributed by atoms with Crippen LogP contribution in [-0.4, -0.2) is 20.1 Å². The van der Waals surface area contributed by atoms with Gasteiger partial charge in [0.05, 0.1) is 0 Å². The van der Waals surface area contributed by atoms with Crippen molar-refractivity contribution in [2.24, 2.45) is 0 Å². The summed E-state index contributed by atoms with van der Waals surface area (Å²) in [5.74, 6) is 0.848. The van der Waals surface area contributed by atoms with Crippen molar-refractivity contribution in [2.45, 2.75) is 39.5 Å². The third-order valence-corrected chi connectivity index (χ3v) is 4.48. The Hall–Kier alpha value is -1.88. The minimum Gasteiger partial charge on any atom is -0.505 e. The molecule has 0 fully saturated rings. The molecule has 23 heavy (non-hydrogen) atoms. The lowest BCUT2D eigenvalue weighted by atomic mass is 9.94. The molecule has 1 heterocycles. The lowest BCUT2D eigenvalue weighted by molar-refractivity contribution is 0.457. The van der Waals surface area contributed by atoms with Gasteiger partial charge in [-0.3, -0.25) is 0 Å². The van der Waals surface area contributed by atoms with Gasteiger partial charge in [0.2, 0.25) is 0 Å². The molecule has 2 aromatic carbocycles. The van der Waals surface area contributed by atoms with Gasteiger partial charge in [-0.05, 0) is 47.2 Å². The third-order valence-electron chi connectivity index (χ3n) is 3.99. The fraction of sp³-hybridized carbons (Fsp3) is 0.333. The Kier molecular flexibility index (Phi) is 4.15. The first kappa shape index (κ1) is 16.0. The highest BCUT2D eigenvalue weighted by Crippen LogP contribution is 2.35. The van der Waals surface area contributed by atoms with Gasteiger partial charge in [0.15, 0.2) is 0 Å². The lowest BCUT2D eigenvalue weighted by Gasteiger charge is -2.16.